The minimum absolute atomic E-state index is 0.00255. The summed E-state index contributed by atoms with van der Waals surface area (Å²) in [5.74, 6) is -0.979. The number of carbonyl (C=O) groups excluding carboxylic acids is 4. The molecule has 8 heteroatoms. The molecule has 2 fully saturated rings. The molecule has 2 N–H and O–H groups in total. The van der Waals surface area contributed by atoms with E-state index in [1.54, 1.807) is 29.2 Å². The molecule has 0 aromatic heterocycles. The fourth-order valence-corrected chi connectivity index (χ4v) is 3.74. The van der Waals surface area contributed by atoms with Gasteiger partial charge in [0, 0.05) is 36.3 Å². The number of piperidine rings is 1. The summed E-state index contributed by atoms with van der Waals surface area (Å²) >= 11 is 0. The summed E-state index contributed by atoms with van der Waals surface area (Å²) < 4.78 is 5.17. The van der Waals surface area contributed by atoms with Gasteiger partial charge < -0.3 is 20.3 Å². The predicted molar refractivity (Wildman–Crippen MR) is 122 cm³/mol. The fourth-order valence-electron chi connectivity index (χ4n) is 3.74. The van der Waals surface area contributed by atoms with Gasteiger partial charge in [0.15, 0.2) is 6.61 Å². The molecule has 1 aliphatic heterocycles. The molecule has 0 unspecified atom stereocenters. The molecule has 0 bridgehead atoms. The predicted octanol–water partition coefficient (Wildman–Crippen LogP) is 3.07. The third kappa shape index (κ3) is 6.19. The highest BCUT2D eigenvalue weighted by Gasteiger charge is 2.30. The molecule has 1 saturated carbocycles. The molecule has 2 aromatic rings. The molecule has 2 aromatic carbocycles. The molecule has 1 heterocycles. The van der Waals surface area contributed by atoms with Gasteiger partial charge in [-0.25, -0.2) is 4.79 Å². The summed E-state index contributed by atoms with van der Waals surface area (Å²) in [5.41, 5.74) is 1.69. The second-order valence-electron chi connectivity index (χ2n) is 8.43. The van der Waals surface area contributed by atoms with Gasteiger partial charge in [-0.05, 0) is 62.1 Å². The monoisotopic (exact) mass is 449 g/mol. The average Bonchev–Trinajstić information content (AvgIpc) is 3.69. The van der Waals surface area contributed by atoms with E-state index in [1.165, 1.54) is 0 Å². The highest BCUT2D eigenvalue weighted by molar-refractivity contribution is 5.96. The summed E-state index contributed by atoms with van der Waals surface area (Å²) in [4.78, 5) is 50.6. The summed E-state index contributed by atoms with van der Waals surface area (Å²) in [7, 11) is 0. The van der Waals surface area contributed by atoms with E-state index >= 15 is 0 Å². The zero-order valence-corrected chi connectivity index (χ0v) is 18.3. The van der Waals surface area contributed by atoms with Crippen molar-refractivity contribution in [3.63, 3.8) is 0 Å². The highest BCUT2D eigenvalue weighted by Crippen LogP contribution is 2.30. The number of carbonyl (C=O) groups is 4. The van der Waals surface area contributed by atoms with Crippen molar-refractivity contribution in [2.24, 2.45) is 11.8 Å². The van der Waals surface area contributed by atoms with Crippen LogP contribution in [0.25, 0.3) is 0 Å². The summed E-state index contributed by atoms with van der Waals surface area (Å²) in [6.45, 7) is 0.539. The van der Waals surface area contributed by atoms with Crippen molar-refractivity contribution >= 4 is 35.1 Å². The molecule has 2 aliphatic rings. The van der Waals surface area contributed by atoms with Crippen molar-refractivity contribution in [1.29, 1.82) is 0 Å². The van der Waals surface area contributed by atoms with Crippen LogP contribution in [0.1, 0.15) is 36.0 Å². The first-order valence-electron chi connectivity index (χ1n) is 11.2. The molecule has 1 saturated heterocycles. The Morgan fingerprint density at radius 1 is 0.758 bits per heavy atom. The molecule has 3 amide bonds. The van der Waals surface area contributed by atoms with Gasteiger partial charge in [0.25, 0.3) is 5.91 Å². The highest BCUT2D eigenvalue weighted by atomic mass is 16.5. The number of benzene rings is 2. The number of likely N-dealkylation sites (tertiary alicyclic amines) is 1. The van der Waals surface area contributed by atoms with Crippen LogP contribution in [-0.2, 0) is 19.1 Å². The van der Waals surface area contributed by atoms with Gasteiger partial charge in [-0.15, -0.1) is 0 Å². The smallest absolute Gasteiger partial charge is 0.338 e. The Morgan fingerprint density at radius 2 is 1.30 bits per heavy atom. The van der Waals surface area contributed by atoms with Gasteiger partial charge in [-0.2, -0.15) is 0 Å². The van der Waals surface area contributed by atoms with Crippen molar-refractivity contribution in [1.82, 2.24) is 4.90 Å². The summed E-state index contributed by atoms with van der Waals surface area (Å²) in [6, 6.07) is 15.7. The summed E-state index contributed by atoms with van der Waals surface area (Å²) in [5, 5.41) is 5.71. The first kappa shape index (κ1) is 22.5. The van der Waals surface area contributed by atoms with Gasteiger partial charge in [0.05, 0.1) is 5.56 Å². The lowest BCUT2D eigenvalue weighted by Crippen LogP contribution is -2.43. The molecular formula is C25H27N3O5. The molecule has 0 radical (unpaired) electrons. The van der Waals surface area contributed by atoms with Crippen molar-refractivity contribution < 1.29 is 23.9 Å². The fraction of sp³-hybridized carbons (Fsp3) is 0.360. The van der Waals surface area contributed by atoms with E-state index in [4.69, 9.17) is 4.74 Å². The minimum Gasteiger partial charge on any atom is -0.452 e. The van der Waals surface area contributed by atoms with E-state index in [2.05, 4.69) is 10.6 Å². The molecule has 1 aliphatic carbocycles. The molecule has 33 heavy (non-hydrogen) atoms. The molecule has 0 atom stereocenters. The second kappa shape index (κ2) is 10.3. The lowest BCUT2D eigenvalue weighted by atomic mass is 9.95. The number of esters is 1. The van der Waals surface area contributed by atoms with Crippen molar-refractivity contribution in [2.75, 3.05) is 30.3 Å². The van der Waals surface area contributed by atoms with E-state index in [1.807, 2.05) is 30.3 Å². The van der Waals surface area contributed by atoms with Crippen molar-refractivity contribution in [2.45, 2.75) is 25.7 Å². The normalized spacial score (nSPS) is 16.1. The molecule has 172 valence electrons. The van der Waals surface area contributed by atoms with Crippen LogP contribution in [0.3, 0.4) is 0 Å². The molecule has 8 nitrogen and oxygen atoms in total. The number of anilines is 2. The van der Waals surface area contributed by atoms with Crippen LogP contribution in [-0.4, -0.2) is 48.3 Å². The zero-order chi connectivity index (χ0) is 23.2. The maximum absolute atomic E-state index is 12.4. The number of ether oxygens (including phenoxy) is 1. The number of nitrogens with zero attached hydrogens (tertiary/aromatic N) is 1. The Hall–Kier alpha value is -3.68. The first-order chi connectivity index (χ1) is 16.0. The number of hydrogen-bond acceptors (Lipinski definition) is 5. The van der Waals surface area contributed by atoms with Crippen LogP contribution >= 0.6 is 0 Å². The third-order valence-electron chi connectivity index (χ3n) is 5.92. The lowest BCUT2D eigenvalue weighted by Gasteiger charge is -2.31. The van der Waals surface area contributed by atoms with Gasteiger partial charge in [-0.1, -0.05) is 18.2 Å². The maximum Gasteiger partial charge on any atom is 0.338 e. The van der Waals surface area contributed by atoms with Crippen LogP contribution < -0.4 is 10.6 Å². The molecule has 4 rings (SSSR count). The Kier molecular flexibility index (Phi) is 7.02. The van der Waals surface area contributed by atoms with E-state index < -0.39 is 5.97 Å². The van der Waals surface area contributed by atoms with Gasteiger partial charge in [0.2, 0.25) is 11.8 Å². The topological polar surface area (TPSA) is 105 Å². The Morgan fingerprint density at radius 3 is 1.88 bits per heavy atom. The maximum atomic E-state index is 12.4. The Labute approximate surface area is 192 Å². The standard InChI is InChI=1S/C25H27N3O5/c29-22(28-14-12-18(13-15-28)24(31)26-20-4-2-1-3-5-20)16-33-25(32)19-8-10-21(11-9-19)27-23(30)17-6-7-17/h1-5,8-11,17-18H,6-7,12-16H2,(H,26,31)(H,27,30). The van der Waals surface area contributed by atoms with Crippen LogP contribution in [0.15, 0.2) is 54.6 Å². The quantitative estimate of drug-likeness (QED) is 0.632. The molecule has 0 spiro atoms. The van der Waals surface area contributed by atoms with E-state index in [9.17, 15) is 19.2 Å². The van der Waals surface area contributed by atoms with Crippen molar-refractivity contribution in [3.8, 4) is 0 Å². The van der Waals surface area contributed by atoms with E-state index in [0.29, 0.717) is 37.2 Å². The SMILES string of the molecule is O=C(OCC(=O)N1CCC(C(=O)Nc2ccccc2)CC1)c1ccc(NC(=O)C2CC2)cc1. The zero-order valence-electron chi connectivity index (χ0n) is 18.3. The van der Waals surface area contributed by atoms with Gasteiger partial charge >= 0.3 is 5.97 Å². The Balaban J connectivity index is 1.18. The van der Waals surface area contributed by atoms with Crippen LogP contribution in [0.2, 0.25) is 0 Å². The largest absolute Gasteiger partial charge is 0.452 e. The van der Waals surface area contributed by atoms with Crippen LogP contribution in [0.4, 0.5) is 11.4 Å². The average molecular weight is 450 g/mol. The first-order valence-corrected chi connectivity index (χ1v) is 11.2. The minimum atomic E-state index is -0.597. The van der Waals surface area contributed by atoms with Crippen LogP contribution in [0, 0.1) is 11.8 Å². The van der Waals surface area contributed by atoms with Gasteiger partial charge in [0.1, 0.15) is 0 Å². The molecular weight excluding hydrogens is 422 g/mol. The van der Waals surface area contributed by atoms with Crippen molar-refractivity contribution in [3.05, 3.63) is 60.2 Å². The Bertz CT molecular complexity index is 1010. The van der Waals surface area contributed by atoms with Crippen LogP contribution in [0.5, 0.6) is 0 Å². The lowest BCUT2D eigenvalue weighted by molar-refractivity contribution is -0.137. The number of nitrogens with one attached hydrogen (secondary N) is 2. The van der Waals surface area contributed by atoms with E-state index in [0.717, 1.165) is 18.5 Å². The number of para-hydroxylation sites is 1. The summed E-state index contributed by atoms with van der Waals surface area (Å²) in [6.07, 6.45) is 2.96. The van der Waals surface area contributed by atoms with Gasteiger partial charge in [-0.3, -0.25) is 14.4 Å². The second-order valence-corrected chi connectivity index (χ2v) is 8.43. The number of hydrogen-bond donors (Lipinski definition) is 2. The van der Waals surface area contributed by atoms with E-state index in [-0.39, 0.29) is 36.2 Å². The number of rotatable bonds is 7. The number of amides is 3. The third-order valence-corrected chi connectivity index (χ3v) is 5.92.